The highest BCUT2D eigenvalue weighted by Crippen LogP contribution is 2.34. The summed E-state index contributed by atoms with van der Waals surface area (Å²) in [5.41, 5.74) is 2.62. The van der Waals surface area contributed by atoms with Crippen LogP contribution in [0.5, 0.6) is 5.75 Å². The molecule has 4 rings (SSSR count). The van der Waals surface area contributed by atoms with E-state index in [1.54, 1.807) is 35.2 Å². The molecule has 0 bridgehead atoms. The largest absolute Gasteiger partial charge is 0.482 e. The summed E-state index contributed by atoms with van der Waals surface area (Å²) < 4.78 is 5.52. The second-order valence-electron chi connectivity index (χ2n) is 9.19. The van der Waals surface area contributed by atoms with Gasteiger partial charge in [-0.3, -0.25) is 14.4 Å². The second-order valence-corrected chi connectivity index (χ2v) is 9.19. The van der Waals surface area contributed by atoms with Gasteiger partial charge in [0.15, 0.2) is 12.4 Å². The first-order valence-corrected chi connectivity index (χ1v) is 12.1. The maximum Gasteiger partial charge on any atom is 0.265 e. The molecule has 0 aromatic heterocycles. The van der Waals surface area contributed by atoms with Gasteiger partial charge in [0, 0.05) is 30.3 Å². The van der Waals surface area contributed by atoms with Gasteiger partial charge < -0.3 is 19.9 Å². The van der Waals surface area contributed by atoms with Gasteiger partial charge >= 0.3 is 0 Å². The van der Waals surface area contributed by atoms with Crippen LogP contribution in [0.3, 0.4) is 0 Å². The third kappa shape index (κ3) is 5.65. The van der Waals surface area contributed by atoms with E-state index in [9.17, 15) is 14.4 Å². The highest BCUT2D eigenvalue weighted by Gasteiger charge is 2.26. The fourth-order valence-corrected chi connectivity index (χ4v) is 4.61. The van der Waals surface area contributed by atoms with Crippen molar-refractivity contribution < 1.29 is 19.1 Å². The van der Waals surface area contributed by atoms with E-state index in [-0.39, 0.29) is 24.2 Å². The number of Topliss-reactive ketones (excluding diaryl/α,β-unsaturated/α-hetero) is 1. The van der Waals surface area contributed by atoms with E-state index < -0.39 is 0 Å². The minimum absolute atomic E-state index is 0.0386. The van der Waals surface area contributed by atoms with Crippen molar-refractivity contribution >= 4 is 23.3 Å². The maximum atomic E-state index is 12.5. The molecule has 1 N–H and O–H groups in total. The normalized spacial score (nSPS) is 18.2. The SMILES string of the molecule is CC(=O)c1ccc2c(c1)N(Cc1ccc(C(=O)NCCCN3CCCCC3C)cc1)C(=O)CO2. The maximum absolute atomic E-state index is 12.5. The van der Waals surface area contributed by atoms with Crippen LogP contribution in [0.2, 0.25) is 0 Å². The lowest BCUT2D eigenvalue weighted by Gasteiger charge is -2.33. The number of amides is 2. The summed E-state index contributed by atoms with van der Waals surface area (Å²) in [6, 6.07) is 13.1. The smallest absolute Gasteiger partial charge is 0.265 e. The van der Waals surface area contributed by atoms with Gasteiger partial charge in [-0.1, -0.05) is 18.6 Å². The molecule has 2 heterocycles. The zero-order chi connectivity index (χ0) is 24.1. The zero-order valence-electron chi connectivity index (χ0n) is 20.0. The summed E-state index contributed by atoms with van der Waals surface area (Å²) in [4.78, 5) is 41.0. The number of nitrogens with one attached hydrogen (secondary N) is 1. The molecule has 1 atom stereocenters. The van der Waals surface area contributed by atoms with Crippen LogP contribution in [0.15, 0.2) is 42.5 Å². The number of hydrogen-bond donors (Lipinski definition) is 1. The molecular formula is C27H33N3O4. The molecule has 2 aliphatic rings. The first kappa shape index (κ1) is 24.0. The lowest BCUT2D eigenvalue weighted by atomic mass is 10.0. The number of piperidine rings is 1. The van der Waals surface area contributed by atoms with Crippen molar-refractivity contribution in [1.82, 2.24) is 10.2 Å². The van der Waals surface area contributed by atoms with E-state index in [0.29, 0.717) is 41.7 Å². The first-order chi connectivity index (χ1) is 16.4. The Labute approximate surface area is 201 Å². The Morgan fingerprint density at radius 1 is 1.09 bits per heavy atom. The number of nitrogens with zero attached hydrogens (tertiary/aromatic N) is 2. The number of carbonyl (C=O) groups excluding carboxylic acids is 3. The van der Waals surface area contributed by atoms with Crippen LogP contribution in [-0.4, -0.2) is 54.8 Å². The molecule has 0 aliphatic carbocycles. The van der Waals surface area contributed by atoms with Gasteiger partial charge in [-0.2, -0.15) is 0 Å². The highest BCUT2D eigenvalue weighted by atomic mass is 16.5. The van der Waals surface area contributed by atoms with Crippen molar-refractivity contribution in [2.24, 2.45) is 0 Å². The number of anilines is 1. The van der Waals surface area contributed by atoms with E-state index in [0.717, 1.165) is 25.1 Å². The van der Waals surface area contributed by atoms with Crippen molar-refractivity contribution in [2.75, 3.05) is 31.1 Å². The van der Waals surface area contributed by atoms with Crippen LogP contribution < -0.4 is 15.0 Å². The lowest BCUT2D eigenvalue weighted by molar-refractivity contribution is -0.121. The van der Waals surface area contributed by atoms with E-state index in [1.807, 2.05) is 12.1 Å². The van der Waals surface area contributed by atoms with Crippen molar-refractivity contribution in [2.45, 2.75) is 52.1 Å². The molecule has 0 radical (unpaired) electrons. The molecule has 2 aromatic rings. The Morgan fingerprint density at radius 2 is 1.85 bits per heavy atom. The lowest BCUT2D eigenvalue weighted by Crippen LogP contribution is -2.39. The molecule has 2 aromatic carbocycles. The molecule has 1 saturated heterocycles. The monoisotopic (exact) mass is 463 g/mol. The molecule has 34 heavy (non-hydrogen) atoms. The summed E-state index contributed by atoms with van der Waals surface area (Å²) in [6.45, 7) is 6.90. The van der Waals surface area contributed by atoms with Crippen LogP contribution in [-0.2, 0) is 11.3 Å². The number of benzene rings is 2. The van der Waals surface area contributed by atoms with Gasteiger partial charge in [0.2, 0.25) is 0 Å². The number of ether oxygens (including phenoxy) is 1. The second kappa shape index (κ2) is 10.8. The minimum Gasteiger partial charge on any atom is -0.482 e. The molecule has 0 saturated carbocycles. The average Bonchev–Trinajstić information content (AvgIpc) is 2.84. The van der Waals surface area contributed by atoms with Crippen LogP contribution in [0.4, 0.5) is 5.69 Å². The van der Waals surface area contributed by atoms with Gasteiger partial charge in [0.05, 0.1) is 12.2 Å². The van der Waals surface area contributed by atoms with Crippen LogP contribution >= 0.6 is 0 Å². The third-order valence-electron chi connectivity index (χ3n) is 6.71. The molecule has 2 aliphatic heterocycles. The van der Waals surface area contributed by atoms with Crippen LogP contribution in [0, 0.1) is 0 Å². The summed E-state index contributed by atoms with van der Waals surface area (Å²) in [5, 5.41) is 3.01. The molecule has 2 amide bonds. The predicted molar refractivity (Wildman–Crippen MR) is 131 cm³/mol. The quantitative estimate of drug-likeness (QED) is 0.476. The Morgan fingerprint density at radius 3 is 2.59 bits per heavy atom. The molecule has 7 heteroatoms. The van der Waals surface area contributed by atoms with Gasteiger partial charge in [0.25, 0.3) is 11.8 Å². The average molecular weight is 464 g/mol. The van der Waals surface area contributed by atoms with Gasteiger partial charge in [-0.05, 0) is 75.5 Å². The fraction of sp³-hybridized carbons (Fsp3) is 0.444. The number of ketones is 1. The van der Waals surface area contributed by atoms with Gasteiger partial charge in [-0.25, -0.2) is 0 Å². The number of fused-ring (bicyclic) bond motifs is 1. The van der Waals surface area contributed by atoms with E-state index in [2.05, 4.69) is 17.1 Å². The third-order valence-corrected chi connectivity index (χ3v) is 6.71. The number of hydrogen-bond acceptors (Lipinski definition) is 5. The number of rotatable bonds is 8. The zero-order valence-corrected chi connectivity index (χ0v) is 20.0. The Hall–Kier alpha value is -3.19. The van der Waals surface area contributed by atoms with Gasteiger partial charge in [-0.15, -0.1) is 0 Å². The van der Waals surface area contributed by atoms with Crippen molar-refractivity contribution in [1.29, 1.82) is 0 Å². The fourth-order valence-electron chi connectivity index (χ4n) is 4.61. The molecule has 1 unspecified atom stereocenters. The standard InChI is InChI=1S/C27H33N3O4/c1-19-6-3-4-14-29(19)15-5-13-28-27(33)22-9-7-21(8-10-22)17-30-24-16-23(20(2)31)11-12-25(24)34-18-26(30)32/h7-12,16,19H,3-6,13-15,17-18H2,1-2H3,(H,28,33). The first-order valence-electron chi connectivity index (χ1n) is 12.1. The van der Waals surface area contributed by atoms with E-state index in [4.69, 9.17) is 4.74 Å². The summed E-state index contributed by atoms with van der Waals surface area (Å²) in [6.07, 6.45) is 4.78. The Bertz CT molecular complexity index is 1050. The van der Waals surface area contributed by atoms with Crippen molar-refractivity contribution in [3.63, 3.8) is 0 Å². The molecular weight excluding hydrogens is 430 g/mol. The molecule has 0 spiro atoms. The summed E-state index contributed by atoms with van der Waals surface area (Å²) in [5.74, 6) is 0.260. The van der Waals surface area contributed by atoms with Crippen molar-refractivity contribution in [3.8, 4) is 5.75 Å². The van der Waals surface area contributed by atoms with Crippen molar-refractivity contribution in [3.05, 3.63) is 59.2 Å². The topological polar surface area (TPSA) is 79.0 Å². The van der Waals surface area contributed by atoms with Crippen LogP contribution in [0.1, 0.15) is 65.8 Å². The van der Waals surface area contributed by atoms with E-state index in [1.165, 1.54) is 26.2 Å². The summed E-state index contributed by atoms with van der Waals surface area (Å²) in [7, 11) is 0. The Kier molecular flexibility index (Phi) is 7.63. The van der Waals surface area contributed by atoms with Gasteiger partial charge in [0.1, 0.15) is 5.75 Å². The predicted octanol–water partition coefficient (Wildman–Crippen LogP) is 3.81. The summed E-state index contributed by atoms with van der Waals surface area (Å²) >= 11 is 0. The molecule has 7 nitrogen and oxygen atoms in total. The molecule has 180 valence electrons. The Balaban J connectivity index is 1.33. The minimum atomic E-state index is -0.168. The number of likely N-dealkylation sites (tertiary alicyclic amines) is 1. The highest BCUT2D eigenvalue weighted by molar-refractivity contribution is 6.01. The van der Waals surface area contributed by atoms with E-state index >= 15 is 0 Å². The molecule has 1 fully saturated rings. The van der Waals surface area contributed by atoms with Crippen LogP contribution in [0.25, 0.3) is 0 Å². The number of carbonyl (C=O) groups is 3.